The van der Waals surface area contributed by atoms with Crippen LogP contribution in [-0.4, -0.2) is 5.91 Å². The normalized spacial score (nSPS) is 12.3. The van der Waals surface area contributed by atoms with Crippen molar-refractivity contribution in [3.63, 3.8) is 0 Å². The number of carbonyl (C=O) groups is 1. The lowest BCUT2D eigenvalue weighted by Crippen LogP contribution is -2.44. The predicted molar refractivity (Wildman–Crippen MR) is 105 cm³/mol. The molecule has 6 heteroatoms. The van der Waals surface area contributed by atoms with E-state index in [9.17, 15) is 4.79 Å². The summed E-state index contributed by atoms with van der Waals surface area (Å²) < 4.78 is 1.86. The molecule has 134 valence electrons. The fraction of sp³-hybridized carbons (Fsp3) is 0.368. The fourth-order valence-electron chi connectivity index (χ4n) is 2.76. The molecule has 0 spiro atoms. The van der Waals surface area contributed by atoms with Crippen molar-refractivity contribution in [1.29, 1.82) is 0 Å². The molecule has 0 bridgehead atoms. The minimum atomic E-state index is -0.404. The molecule has 1 amide bonds. The van der Waals surface area contributed by atoms with E-state index in [1.54, 1.807) is 12.1 Å². The van der Waals surface area contributed by atoms with Gasteiger partial charge in [0.25, 0.3) is 5.91 Å². The smallest absolute Gasteiger partial charge is 0.293 e. The SMILES string of the molecule is CCC(CC)c1cc[n+]([C@H](C)C(=O)Nc2c(Cl)cc(Cl)cc2Cl)cc1. The van der Waals surface area contributed by atoms with Crippen LogP contribution in [0.4, 0.5) is 5.69 Å². The molecular weight excluding hydrogens is 379 g/mol. The number of aromatic nitrogens is 1. The van der Waals surface area contributed by atoms with E-state index in [1.165, 1.54) is 5.56 Å². The van der Waals surface area contributed by atoms with Crippen LogP contribution in [0.25, 0.3) is 0 Å². The Kier molecular flexibility index (Phi) is 7.12. The van der Waals surface area contributed by atoms with Gasteiger partial charge in [0.15, 0.2) is 12.4 Å². The summed E-state index contributed by atoms with van der Waals surface area (Å²) >= 11 is 18.1. The number of pyridine rings is 1. The van der Waals surface area contributed by atoms with Crippen LogP contribution in [0.5, 0.6) is 0 Å². The van der Waals surface area contributed by atoms with Crippen molar-refractivity contribution < 1.29 is 9.36 Å². The van der Waals surface area contributed by atoms with Gasteiger partial charge in [-0.2, -0.15) is 4.57 Å². The van der Waals surface area contributed by atoms with Crippen LogP contribution in [0.15, 0.2) is 36.7 Å². The van der Waals surface area contributed by atoms with Crippen LogP contribution in [0.3, 0.4) is 0 Å². The summed E-state index contributed by atoms with van der Waals surface area (Å²) in [5.74, 6) is 0.344. The number of rotatable bonds is 6. The van der Waals surface area contributed by atoms with E-state index in [0.29, 0.717) is 26.7 Å². The number of hydrogen-bond acceptors (Lipinski definition) is 1. The predicted octanol–water partition coefficient (Wildman–Crippen LogP) is 6.04. The van der Waals surface area contributed by atoms with Crippen LogP contribution in [-0.2, 0) is 4.79 Å². The van der Waals surface area contributed by atoms with Gasteiger partial charge in [0.2, 0.25) is 6.04 Å². The Labute approximate surface area is 163 Å². The van der Waals surface area contributed by atoms with Gasteiger partial charge in [0.1, 0.15) is 0 Å². The molecule has 0 saturated carbocycles. The molecule has 0 saturated heterocycles. The Bertz CT molecular complexity index is 720. The molecule has 1 aromatic heterocycles. The maximum atomic E-state index is 12.6. The Morgan fingerprint density at radius 2 is 1.60 bits per heavy atom. The summed E-state index contributed by atoms with van der Waals surface area (Å²) in [5, 5.41) is 3.83. The summed E-state index contributed by atoms with van der Waals surface area (Å²) in [7, 11) is 0. The van der Waals surface area contributed by atoms with E-state index in [2.05, 4.69) is 31.3 Å². The lowest BCUT2D eigenvalue weighted by atomic mass is 9.95. The summed E-state index contributed by atoms with van der Waals surface area (Å²) in [6.07, 6.45) is 6.07. The summed E-state index contributed by atoms with van der Waals surface area (Å²) in [6, 6.07) is 6.84. The van der Waals surface area contributed by atoms with Gasteiger partial charge in [0.05, 0.1) is 15.7 Å². The fourth-order valence-corrected chi connectivity index (χ4v) is 3.68. The molecule has 0 unspecified atom stereocenters. The number of hydrogen-bond donors (Lipinski definition) is 1. The first-order valence-electron chi connectivity index (χ1n) is 8.33. The van der Waals surface area contributed by atoms with Crippen LogP contribution < -0.4 is 9.88 Å². The lowest BCUT2D eigenvalue weighted by Gasteiger charge is -2.14. The number of carbonyl (C=O) groups excluding carboxylic acids is 1. The lowest BCUT2D eigenvalue weighted by molar-refractivity contribution is -0.705. The topological polar surface area (TPSA) is 33.0 Å². The molecule has 1 heterocycles. The van der Waals surface area contributed by atoms with E-state index in [1.807, 2.05) is 23.9 Å². The quantitative estimate of drug-likeness (QED) is 0.589. The zero-order valence-corrected chi connectivity index (χ0v) is 16.8. The first-order chi connectivity index (χ1) is 11.9. The van der Waals surface area contributed by atoms with Gasteiger partial charge in [0, 0.05) is 24.1 Å². The third-order valence-corrected chi connectivity index (χ3v) is 5.23. The molecule has 1 N–H and O–H groups in total. The molecule has 25 heavy (non-hydrogen) atoms. The van der Waals surface area contributed by atoms with Crippen molar-refractivity contribution in [2.45, 2.75) is 45.6 Å². The van der Waals surface area contributed by atoms with Crippen LogP contribution in [0.1, 0.15) is 51.1 Å². The highest BCUT2D eigenvalue weighted by Gasteiger charge is 2.24. The first kappa shape index (κ1) is 20.0. The van der Waals surface area contributed by atoms with Crippen molar-refractivity contribution in [2.75, 3.05) is 5.32 Å². The zero-order chi connectivity index (χ0) is 18.6. The second-order valence-corrected chi connectivity index (χ2v) is 7.25. The summed E-state index contributed by atoms with van der Waals surface area (Å²) in [6.45, 7) is 6.19. The maximum Gasteiger partial charge on any atom is 0.293 e. The highest BCUT2D eigenvalue weighted by Crippen LogP contribution is 2.33. The van der Waals surface area contributed by atoms with Crippen LogP contribution in [0, 0.1) is 0 Å². The van der Waals surface area contributed by atoms with Gasteiger partial charge < -0.3 is 5.32 Å². The minimum Gasteiger partial charge on any atom is -0.318 e. The second kappa shape index (κ2) is 8.88. The molecule has 3 nitrogen and oxygen atoms in total. The minimum absolute atomic E-state index is 0.202. The number of amides is 1. The number of nitrogens with zero attached hydrogens (tertiary/aromatic N) is 1. The number of benzene rings is 1. The van der Waals surface area contributed by atoms with Crippen molar-refractivity contribution in [3.8, 4) is 0 Å². The monoisotopic (exact) mass is 399 g/mol. The summed E-state index contributed by atoms with van der Waals surface area (Å²) in [4.78, 5) is 12.6. The number of halogens is 3. The molecule has 0 aliphatic heterocycles. The van der Waals surface area contributed by atoms with E-state index < -0.39 is 6.04 Å². The average Bonchev–Trinajstić information content (AvgIpc) is 2.59. The molecule has 0 aliphatic rings. The molecule has 1 atom stereocenters. The molecule has 0 radical (unpaired) electrons. The maximum absolute atomic E-state index is 12.6. The highest BCUT2D eigenvalue weighted by molar-refractivity contribution is 6.42. The van der Waals surface area contributed by atoms with Crippen molar-refractivity contribution in [2.24, 2.45) is 0 Å². The van der Waals surface area contributed by atoms with Gasteiger partial charge in [-0.05, 0) is 36.5 Å². The number of anilines is 1. The molecular formula is C19H22Cl3N2O+. The Morgan fingerprint density at radius 1 is 1.08 bits per heavy atom. The van der Waals surface area contributed by atoms with E-state index in [-0.39, 0.29) is 5.91 Å². The third-order valence-electron chi connectivity index (χ3n) is 4.42. The second-order valence-electron chi connectivity index (χ2n) is 6.00. The molecule has 0 fully saturated rings. The van der Waals surface area contributed by atoms with Gasteiger partial charge in [-0.25, -0.2) is 0 Å². The van der Waals surface area contributed by atoms with E-state index in [4.69, 9.17) is 34.8 Å². The standard InChI is InChI=1S/C19H21Cl3N2O/c1-4-13(5-2)14-6-8-24(9-7-14)12(3)19(25)23-18-16(21)10-15(20)11-17(18)22/h6-13H,4-5H2,1-3H3/p+1/t12-/m1/s1. The molecule has 0 aliphatic carbocycles. The van der Waals surface area contributed by atoms with Crippen LogP contribution >= 0.6 is 34.8 Å². The first-order valence-corrected chi connectivity index (χ1v) is 9.46. The number of nitrogens with one attached hydrogen (secondary N) is 1. The van der Waals surface area contributed by atoms with Gasteiger partial charge in [-0.3, -0.25) is 4.79 Å². The molecule has 2 aromatic rings. The Hall–Kier alpha value is -1.29. The van der Waals surface area contributed by atoms with Gasteiger partial charge >= 0.3 is 0 Å². The highest BCUT2D eigenvalue weighted by atomic mass is 35.5. The largest absolute Gasteiger partial charge is 0.318 e. The van der Waals surface area contributed by atoms with Gasteiger partial charge in [-0.1, -0.05) is 48.7 Å². The van der Waals surface area contributed by atoms with Gasteiger partial charge in [-0.15, -0.1) is 0 Å². The molecule has 2 rings (SSSR count). The zero-order valence-electron chi connectivity index (χ0n) is 14.5. The van der Waals surface area contributed by atoms with Crippen molar-refractivity contribution >= 4 is 46.4 Å². The van der Waals surface area contributed by atoms with Crippen LogP contribution in [0.2, 0.25) is 15.1 Å². The van der Waals surface area contributed by atoms with Crippen molar-refractivity contribution in [3.05, 3.63) is 57.3 Å². The third kappa shape index (κ3) is 4.87. The Morgan fingerprint density at radius 3 is 2.08 bits per heavy atom. The molecule has 1 aromatic carbocycles. The van der Waals surface area contributed by atoms with E-state index >= 15 is 0 Å². The Balaban J connectivity index is 2.15. The van der Waals surface area contributed by atoms with Crippen molar-refractivity contribution in [1.82, 2.24) is 0 Å². The summed E-state index contributed by atoms with van der Waals surface area (Å²) in [5.41, 5.74) is 1.66. The van der Waals surface area contributed by atoms with E-state index in [0.717, 1.165) is 12.8 Å². The average molecular weight is 401 g/mol.